The number of hydrogen-bond donors (Lipinski definition) is 3. The number of carbonyl (C=O) groups excluding carboxylic acids is 3. The van der Waals surface area contributed by atoms with E-state index in [4.69, 9.17) is 14.2 Å². The number of ether oxygens (including phenoxy) is 3. The summed E-state index contributed by atoms with van der Waals surface area (Å²) in [6.45, 7) is 19.0. The summed E-state index contributed by atoms with van der Waals surface area (Å²) < 4.78 is 15.5. The molecule has 0 aromatic heterocycles. The van der Waals surface area contributed by atoms with Crippen LogP contribution in [0.15, 0.2) is 48.4 Å². The maximum Gasteiger partial charge on any atom is 0.333 e. The second-order valence-corrected chi connectivity index (χ2v) is 14.4. The molecule has 0 saturated carbocycles. The fourth-order valence-corrected chi connectivity index (χ4v) is 5.78. The number of nitrogens with zero attached hydrogens (tertiary/aromatic N) is 2. The summed E-state index contributed by atoms with van der Waals surface area (Å²) in [6.07, 6.45) is 18.4. The minimum atomic E-state index is -1.14. The standard InChI is InChI=1S/C42H74N2O9/c1-9-11-12-13-14-15-16-17-18-19-20-21-22-23-24-25-26-43(27-36(45)30-51-40(48)33(3)4)39(10-2)44(28-37(46)31-52-41(49)34(5)6)29-38(47)32-53-42(50)35(7)8/h10,36-38,45-47H,3,5,7,9,11-32H2,1-2,4,6,8H3. The first kappa shape index (κ1) is 49.9. The van der Waals surface area contributed by atoms with Crippen LogP contribution in [0.5, 0.6) is 0 Å². The fourth-order valence-electron chi connectivity index (χ4n) is 5.78. The predicted molar refractivity (Wildman–Crippen MR) is 212 cm³/mol. The lowest BCUT2D eigenvalue weighted by atomic mass is 10.0. The molecule has 0 radical (unpaired) electrons. The van der Waals surface area contributed by atoms with Crippen LogP contribution >= 0.6 is 0 Å². The third-order valence-electron chi connectivity index (χ3n) is 8.75. The van der Waals surface area contributed by atoms with Gasteiger partial charge in [-0.25, -0.2) is 14.4 Å². The maximum atomic E-state index is 12.0. The van der Waals surface area contributed by atoms with E-state index in [1.165, 1.54) is 97.8 Å². The van der Waals surface area contributed by atoms with Crippen molar-refractivity contribution in [3.63, 3.8) is 0 Å². The molecule has 0 saturated heterocycles. The Labute approximate surface area is 321 Å². The lowest BCUT2D eigenvalue weighted by Gasteiger charge is -2.39. The van der Waals surface area contributed by atoms with Gasteiger partial charge in [-0.2, -0.15) is 0 Å². The van der Waals surface area contributed by atoms with Gasteiger partial charge < -0.3 is 39.3 Å². The third kappa shape index (κ3) is 26.3. The lowest BCUT2D eigenvalue weighted by molar-refractivity contribution is -0.142. The second-order valence-electron chi connectivity index (χ2n) is 14.4. The summed E-state index contributed by atoms with van der Waals surface area (Å²) in [7, 11) is 0. The molecule has 0 aromatic rings. The van der Waals surface area contributed by atoms with Gasteiger partial charge in [0.2, 0.25) is 0 Å². The van der Waals surface area contributed by atoms with Crippen molar-refractivity contribution in [3.05, 3.63) is 48.4 Å². The minimum absolute atomic E-state index is 0.0508. The fraction of sp³-hybridized carbons (Fsp3) is 0.738. The summed E-state index contributed by atoms with van der Waals surface area (Å²) in [5, 5.41) is 32.7. The number of allylic oxidation sites excluding steroid dienone is 1. The van der Waals surface area contributed by atoms with Gasteiger partial charge in [0.05, 0.1) is 5.82 Å². The Morgan fingerprint density at radius 1 is 0.528 bits per heavy atom. The summed E-state index contributed by atoms with van der Waals surface area (Å²) in [6, 6.07) is 0. The molecule has 0 rings (SSSR count). The van der Waals surface area contributed by atoms with Crippen LogP contribution in [-0.4, -0.2) is 107 Å². The molecule has 3 N–H and O–H groups in total. The second kappa shape index (κ2) is 31.2. The van der Waals surface area contributed by atoms with Crippen molar-refractivity contribution in [2.45, 2.75) is 156 Å². The molecule has 0 aromatic carbocycles. The highest BCUT2D eigenvalue weighted by Crippen LogP contribution is 2.18. The van der Waals surface area contributed by atoms with Crippen molar-refractivity contribution in [3.8, 4) is 0 Å². The molecule has 0 aliphatic heterocycles. The van der Waals surface area contributed by atoms with Crippen LogP contribution in [-0.2, 0) is 28.6 Å². The molecule has 0 aliphatic carbocycles. The summed E-state index contributed by atoms with van der Waals surface area (Å²) in [5.41, 5.74) is 0.624. The molecule has 0 fully saturated rings. The molecule has 11 nitrogen and oxygen atoms in total. The first-order valence-electron chi connectivity index (χ1n) is 19.9. The van der Waals surface area contributed by atoms with E-state index < -0.39 is 36.2 Å². The largest absolute Gasteiger partial charge is 0.460 e. The zero-order valence-corrected chi connectivity index (χ0v) is 33.9. The van der Waals surface area contributed by atoms with Crippen molar-refractivity contribution < 1.29 is 43.9 Å². The van der Waals surface area contributed by atoms with Gasteiger partial charge in [0.25, 0.3) is 0 Å². The van der Waals surface area contributed by atoms with E-state index in [0.29, 0.717) is 12.4 Å². The van der Waals surface area contributed by atoms with Gasteiger partial charge in [0, 0.05) is 42.9 Å². The summed E-state index contributed by atoms with van der Waals surface area (Å²) in [5.74, 6) is -1.27. The number of hydrogen-bond acceptors (Lipinski definition) is 11. The highest BCUT2D eigenvalue weighted by atomic mass is 16.5. The average Bonchev–Trinajstić information content (AvgIpc) is 3.11. The number of carbonyl (C=O) groups is 3. The molecular formula is C42H74N2O9. The van der Waals surface area contributed by atoms with Crippen molar-refractivity contribution in [1.82, 2.24) is 9.80 Å². The highest BCUT2D eigenvalue weighted by Gasteiger charge is 2.25. The van der Waals surface area contributed by atoms with E-state index >= 15 is 0 Å². The molecule has 53 heavy (non-hydrogen) atoms. The van der Waals surface area contributed by atoms with Gasteiger partial charge in [0.1, 0.15) is 38.1 Å². The first-order valence-corrected chi connectivity index (χ1v) is 19.9. The van der Waals surface area contributed by atoms with Gasteiger partial charge in [-0.1, -0.05) is 123 Å². The summed E-state index contributed by atoms with van der Waals surface area (Å²) in [4.78, 5) is 39.6. The van der Waals surface area contributed by atoms with Gasteiger partial charge in [-0.05, 0) is 40.2 Å². The zero-order valence-electron chi connectivity index (χ0n) is 33.9. The van der Waals surface area contributed by atoms with Crippen molar-refractivity contribution >= 4 is 17.9 Å². The van der Waals surface area contributed by atoms with Crippen LogP contribution in [0, 0.1) is 0 Å². The Hall–Kier alpha value is -3.15. The quantitative estimate of drug-likeness (QED) is 0.0267. The molecule has 306 valence electrons. The Morgan fingerprint density at radius 3 is 1.09 bits per heavy atom. The van der Waals surface area contributed by atoms with Gasteiger partial charge in [-0.3, -0.25) is 0 Å². The normalized spacial score (nSPS) is 13.1. The Morgan fingerprint density at radius 2 is 0.811 bits per heavy atom. The summed E-state index contributed by atoms with van der Waals surface area (Å²) >= 11 is 0. The molecular weight excluding hydrogens is 676 g/mol. The topological polar surface area (TPSA) is 146 Å². The maximum absolute atomic E-state index is 12.0. The lowest BCUT2D eigenvalue weighted by Crippen LogP contribution is -2.47. The average molecular weight is 751 g/mol. The van der Waals surface area contributed by atoms with Crippen LogP contribution in [0.4, 0.5) is 0 Å². The van der Waals surface area contributed by atoms with Crippen molar-refractivity contribution in [1.29, 1.82) is 0 Å². The molecule has 3 unspecified atom stereocenters. The number of unbranched alkanes of at least 4 members (excludes halogenated alkanes) is 15. The van der Waals surface area contributed by atoms with E-state index in [2.05, 4.69) is 26.7 Å². The molecule has 0 aliphatic rings. The Balaban J connectivity index is 5.45. The van der Waals surface area contributed by atoms with Crippen LogP contribution in [0.3, 0.4) is 0 Å². The Bertz CT molecular complexity index is 1070. The van der Waals surface area contributed by atoms with Gasteiger partial charge in [0.15, 0.2) is 0 Å². The van der Waals surface area contributed by atoms with Crippen LogP contribution < -0.4 is 0 Å². The molecule has 11 heteroatoms. The van der Waals surface area contributed by atoms with E-state index in [9.17, 15) is 29.7 Å². The number of aliphatic hydroxyl groups is 3. The predicted octanol–water partition coefficient (Wildman–Crippen LogP) is 7.15. The van der Waals surface area contributed by atoms with Crippen molar-refractivity contribution in [2.75, 3.05) is 46.0 Å². The monoisotopic (exact) mass is 751 g/mol. The van der Waals surface area contributed by atoms with Crippen LogP contribution in [0.2, 0.25) is 0 Å². The minimum Gasteiger partial charge on any atom is -0.460 e. The van der Waals surface area contributed by atoms with Crippen LogP contribution in [0.1, 0.15) is 137 Å². The van der Waals surface area contributed by atoms with Gasteiger partial charge >= 0.3 is 17.9 Å². The zero-order chi connectivity index (χ0) is 40.0. The smallest absolute Gasteiger partial charge is 0.333 e. The molecule has 3 atom stereocenters. The van der Waals surface area contributed by atoms with Crippen molar-refractivity contribution in [2.24, 2.45) is 0 Å². The number of rotatable bonds is 34. The first-order chi connectivity index (χ1) is 25.2. The van der Waals surface area contributed by atoms with E-state index in [1.807, 2.05) is 4.90 Å². The number of esters is 3. The molecule has 0 bridgehead atoms. The van der Waals surface area contributed by atoms with Crippen LogP contribution in [0.25, 0.3) is 0 Å². The van der Waals surface area contributed by atoms with Gasteiger partial charge in [-0.15, -0.1) is 0 Å². The molecule has 0 heterocycles. The van der Waals surface area contributed by atoms with E-state index in [1.54, 1.807) is 17.9 Å². The number of aliphatic hydroxyl groups excluding tert-OH is 3. The Kier molecular flexibility index (Phi) is 29.4. The van der Waals surface area contributed by atoms with E-state index in [-0.39, 0.29) is 56.2 Å². The highest BCUT2D eigenvalue weighted by molar-refractivity contribution is 5.87. The third-order valence-corrected chi connectivity index (χ3v) is 8.75. The van der Waals surface area contributed by atoms with E-state index in [0.717, 1.165) is 25.7 Å². The molecule has 0 amide bonds. The molecule has 0 spiro atoms. The SMILES string of the molecule is C=C(C)C(=O)OCC(O)CN(CCCCCCCCCCCCCCCCCC)C(=CC)N(CC(O)COC(=O)C(=C)C)CC(O)COC(=O)C(=C)C.